The van der Waals surface area contributed by atoms with Crippen LogP contribution in [0.25, 0.3) is 0 Å². The lowest BCUT2D eigenvalue weighted by molar-refractivity contribution is 0.589. The van der Waals surface area contributed by atoms with Gasteiger partial charge in [0.15, 0.2) is 0 Å². The normalized spacial score (nSPS) is 13.2. The van der Waals surface area contributed by atoms with Gasteiger partial charge in [-0.15, -0.1) is 0 Å². The third kappa shape index (κ3) is 3.88. The minimum Gasteiger partial charge on any atom is -0.309 e. The molecule has 0 saturated heterocycles. The molecule has 0 spiro atoms. The minimum atomic E-state index is 0.0871. The molecule has 0 bridgehead atoms. The molecule has 0 fully saturated rings. The van der Waals surface area contributed by atoms with Crippen molar-refractivity contribution >= 4 is 27.5 Å². The molecule has 1 atom stereocenters. The van der Waals surface area contributed by atoms with E-state index in [4.69, 9.17) is 11.6 Å². The first-order chi connectivity index (χ1) is 9.82. The van der Waals surface area contributed by atoms with E-state index in [0.717, 1.165) is 15.1 Å². The number of nitrogens with one attached hydrogen (secondary N) is 1. The molecular weight excluding hydrogens is 346 g/mol. The van der Waals surface area contributed by atoms with Crippen molar-refractivity contribution in [2.24, 2.45) is 0 Å². The fourth-order valence-corrected chi connectivity index (χ4v) is 3.02. The largest absolute Gasteiger partial charge is 0.309 e. The van der Waals surface area contributed by atoms with Crippen LogP contribution in [0, 0.1) is 0 Å². The molecule has 0 aliphatic heterocycles. The standard InChI is InChI=1S/C18H21BrClN/c1-18(2,3)13-7-5-12(6-8-13)17(21-4)15-11-14(19)9-10-16(15)20/h5-11,17,21H,1-4H3. The summed E-state index contributed by atoms with van der Waals surface area (Å²) in [6, 6.07) is 14.8. The van der Waals surface area contributed by atoms with E-state index >= 15 is 0 Å². The van der Waals surface area contributed by atoms with Gasteiger partial charge in [0.1, 0.15) is 0 Å². The molecule has 3 heteroatoms. The molecule has 21 heavy (non-hydrogen) atoms. The fraction of sp³-hybridized carbons (Fsp3) is 0.333. The Bertz CT molecular complexity index is 614. The molecule has 2 aromatic carbocycles. The third-order valence-electron chi connectivity index (χ3n) is 3.67. The van der Waals surface area contributed by atoms with Gasteiger partial charge in [0.05, 0.1) is 6.04 Å². The Morgan fingerprint density at radius 1 is 1.05 bits per heavy atom. The zero-order valence-electron chi connectivity index (χ0n) is 12.9. The van der Waals surface area contributed by atoms with Crippen LogP contribution in [0.4, 0.5) is 0 Å². The van der Waals surface area contributed by atoms with E-state index in [9.17, 15) is 0 Å². The fourth-order valence-electron chi connectivity index (χ4n) is 2.41. The van der Waals surface area contributed by atoms with Crippen molar-refractivity contribution < 1.29 is 0 Å². The average molecular weight is 367 g/mol. The van der Waals surface area contributed by atoms with Crippen LogP contribution in [-0.2, 0) is 5.41 Å². The van der Waals surface area contributed by atoms with Gasteiger partial charge in [0.25, 0.3) is 0 Å². The molecule has 0 aromatic heterocycles. The predicted molar refractivity (Wildman–Crippen MR) is 95.2 cm³/mol. The third-order valence-corrected chi connectivity index (χ3v) is 4.51. The Kier molecular flexibility index (Phi) is 5.13. The Balaban J connectivity index is 2.40. The maximum Gasteiger partial charge on any atom is 0.0589 e. The monoisotopic (exact) mass is 365 g/mol. The maximum absolute atomic E-state index is 6.36. The quantitative estimate of drug-likeness (QED) is 0.733. The van der Waals surface area contributed by atoms with E-state index in [0.29, 0.717) is 0 Å². The highest BCUT2D eigenvalue weighted by atomic mass is 79.9. The zero-order valence-corrected chi connectivity index (χ0v) is 15.2. The summed E-state index contributed by atoms with van der Waals surface area (Å²) < 4.78 is 1.04. The smallest absolute Gasteiger partial charge is 0.0589 e. The lowest BCUT2D eigenvalue weighted by atomic mass is 9.86. The SMILES string of the molecule is CNC(c1ccc(C(C)(C)C)cc1)c1cc(Br)ccc1Cl. The van der Waals surface area contributed by atoms with Gasteiger partial charge < -0.3 is 5.32 Å². The zero-order chi connectivity index (χ0) is 15.6. The summed E-state index contributed by atoms with van der Waals surface area (Å²) in [5, 5.41) is 4.13. The first-order valence-corrected chi connectivity index (χ1v) is 8.22. The predicted octanol–water partition coefficient (Wildman–Crippen LogP) is 5.71. The number of rotatable bonds is 3. The number of benzene rings is 2. The Labute approximate surface area is 140 Å². The lowest BCUT2D eigenvalue weighted by Gasteiger charge is -2.22. The second-order valence-electron chi connectivity index (χ2n) is 6.26. The molecule has 1 nitrogen and oxygen atoms in total. The summed E-state index contributed by atoms with van der Waals surface area (Å²) in [5.41, 5.74) is 3.80. The van der Waals surface area contributed by atoms with Crippen LogP contribution in [0.5, 0.6) is 0 Å². The molecule has 0 heterocycles. The molecule has 2 rings (SSSR count). The topological polar surface area (TPSA) is 12.0 Å². The molecule has 0 aliphatic rings. The summed E-state index contributed by atoms with van der Waals surface area (Å²) in [4.78, 5) is 0. The first-order valence-electron chi connectivity index (χ1n) is 7.05. The van der Waals surface area contributed by atoms with E-state index in [2.05, 4.69) is 72.3 Å². The number of halogens is 2. The maximum atomic E-state index is 6.36. The minimum absolute atomic E-state index is 0.0871. The molecule has 1 N–H and O–H groups in total. The second kappa shape index (κ2) is 6.51. The second-order valence-corrected chi connectivity index (χ2v) is 7.58. The van der Waals surface area contributed by atoms with E-state index < -0.39 is 0 Å². The van der Waals surface area contributed by atoms with Gasteiger partial charge in [0, 0.05) is 9.50 Å². The molecule has 0 aliphatic carbocycles. The van der Waals surface area contributed by atoms with Crippen molar-refractivity contribution in [3.8, 4) is 0 Å². The van der Waals surface area contributed by atoms with Gasteiger partial charge in [0.2, 0.25) is 0 Å². The van der Waals surface area contributed by atoms with Crippen molar-refractivity contribution in [1.29, 1.82) is 0 Å². The van der Waals surface area contributed by atoms with Gasteiger partial charge in [-0.2, -0.15) is 0 Å². The van der Waals surface area contributed by atoms with E-state index in [1.807, 2.05) is 19.2 Å². The van der Waals surface area contributed by atoms with Crippen LogP contribution in [0.1, 0.15) is 43.5 Å². The first kappa shape index (κ1) is 16.5. The summed E-state index contributed by atoms with van der Waals surface area (Å²) in [5.74, 6) is 0. The van der Waals surface area contributed by atoms with Gasteiger partial charge in [-0.25, -0.2) is 0 Å². The Morgan fingerprint density at radius 2 is 1.67 bits per heavy atom. The summed E-state index contributed by atoms with van der Waals surface area (Å²) in [7, 11) is 1.96. The molecule has 0 radical (unpaired) electrons. The van der Waals surface area contributed by atoms with Crippen LogP contribution in [0.2, 0.25) is 5.02 Å². The van der Waals surface area contributed by atoms with Crippen LogP contribution in [0.3, 0.4) is 0 Å². The molecule has 1 unspecified atom stereocenters. The Hall–Kier alpha value is -0.830. The van der Waals surface area contributed by atoms with Gasteiger partial charge >= 0.3 is 0 Å². The molecule has 0 saturated carbocycles. The van der Waals surface area contributed by atoms with Gasteiger partial charge in [-0.05, 0) is 47.4 Å². The Morgan fingerprint density at radius 3 is 2.19 bits per heavy atom. The molecule has 2 aromatic rings. The number of hydrogen-bond acceptors (Lipinski definition) is 1. The highest BCUT2D eigenvalue weighted by Crippen LogP contribution is 2.32. The van der Waals surface area contributed by atoms with Gasteiger partial charge in [-0.3, -0.25) is 0 Å². The van der Waals surface area contributed by atoms with Crippen molar-refractivity contribution in [3.63, 3.8) is 0 Å². The highest BCUT2D eigenvalue weighted by molar-refractivity contribution is 9.10. The molecule has 112 valence electrons. The van der Waals surface area contributed by atoms with Crippen molar-refractivity contribution in [2.45, 2.75) is 32.2 Å². The molecular formula is C18H21BrClN. The highest BCUT2D eigenvalue weighted by Gasteiger charge is 2.18. The van der Waals surface area contributed by atoms with Gasteiger partial charge in [-0.1, -0.05) is 72.6 Å². The molecule has 0 amide bonds. The number of hydrogen-bond donors (Lipinski definition) is 1. The van der Waals surface area contributed by atoms with E-state index in [1.165, 1.54) is 11.1 Å². The van der Waals surface area contributed by atoms with Crippen LogP contribution in [0.15, 0.2) is 46.9 Å². The van der Waals surface area contributed by atoms with Crippen molar-refractivity contribution in [3.05, 3.63) is 68.7 Å². The van der Waals surface area contributed by atoms with Crippen LogP contribution < -0.4 is 5.32 Å². The summed E-state index contributed by atoms with van der Waals surface area (Å²) in [6.45, 7) is 6.67. The van der Waals surface area contributed by atoms with Crippen molar-refractivity contribution in [2.75, 3.05) is 7.05 Å². The van der Waals surface area contributed by atoms with Crippen LogP contribution in [-0.4, -0.2) is 7.05 Å². The average Bonchev–Trinajstić information content (AvgIpc) is 2.43. The summed E-state index contributed by atoms with van der Waals surface area (Å²) >= 11 is 9.88. The van der Waals surface area contributed by atoms with Crippen LogP contribution >= 0.6 is 27.5 Å². The lowest BCUT2D eigenvalue weighted by Crippen LogP contribution is -2.18. The van der Waals surface area contributed by atoms with Crippen molar-refractivity contribution in [1.82, 2.24) is 5.32 Å². The van der Waals surface area contributed by atoms with E-state index in [1.54, 1.807) is 0 Å². The summed E-state index contributed by atoms with van der Waals surface area (Å²) in [6.07, 6.45) is 0. The van der Waals surface area contributed by atoms with E-state index in [-0.39, 0.29) is 11.5 Å².